The maximum absolute atomic E-state index is 12.5. The van der Waals surface area contributed by atoms with Gasteiger partial charge < -0.3 is 10.2 Å². The van der Waals surface area contributed by atoms with Gasteiger partial charge in [-0.2, -0.15) is 0 Å². The molecule has 2 amide bonds. The van der Waals surface area contributed by atoms with Gasteiger partial charge in [-0.3, -0.25) is 9.59 Å². The molecule has 2 heterocycles. The average molecular weight is 453 g/mol. The molecule has 1 N–H and O–H groups in total. The maximum Gasteiger partial charge on any atom is 0.227 e. The average Bonchev–Trinajstić information content (AvgIpc) is 3.36. The molecule has 4 rings (SSSR count). The van der Waals surface area contributed by atoms with Crippen LogP contribution in [0.15, 0.2) is 53.4 Å². The summed E-state index contributed by atoms with van der Waals surface area (Å²) in [7, 11) is 0. The second-order valence-corrected chi connectivity index (χ2v) is 9.83. The van der Waals surface area contributed by atoms with Gasteiger partial charge in [0.2, 0.25) is 16.9 Å². The Hall–Kier alpha value is -2.71. The van der Waals surface area contributed by atoms with Gasteiger partial charge in [0, 0.05) is 41.6 Å². The number of nitrogens with zero attached hydrogens (tertiary/aromatic N) is 3. The van der Waals surface area contributed by atoms with Crippen molar-refractivity contribution in [1.82, 2.24) is 10.2 Å². The van der Waals surface area contributed by atoms with Crippen LogP contribution in [0.4, 0.5) is 10.8 Å². The summed E-state index contributed by atoms with van der Waals surface area (Å²) >= 11 is 3.01. The molecule has 3 aromatic rings. The fraction of sp³-hybridized carbons (Fsp3) is 0.304. The van der Waals surface area contributed by atoms with Crippen molar-refractivity contribution in [2.75, 3.05) is 22.5 Å². The molecule has 0 bridgehead atoms. The summed E-state index contributed by atoms with van der Waals surface area (Å²) in [6.45, 7) is 4.65. The van der Waals surface area contributed by atoms with Gasteiger partial charge in [0.25, 0.3) is 0 Å². The third-order valence-corrected chi connectivity index (χ3v) is 7.11. The van der Waals surface area contributed by atoms with Gasteiger partial charge in [-0.05, 0) is 43.7 Å². The van der Waals surface area contributed by atoms with E-state index in [1.54, 1.807) is 16.7 Å². The minimum absolute atomic E-state index is 0.00624. The highest BCUT2D eigenvalue weighted by Crippen LogP contribution is 2.34. The Balaban J connectivity index is 1.29. The van der Waals surface area contributed by atoms with Crippen molar-refractivity contribution < 1.29 is 9.59 Å². The van der Waals surface area contributed by atoms with Crippen LogP contribution in [0.3, 0.4) is 0 Å². The Morgan fingerprint density at radius 1 is 1.16 bits per heavy atom. The molecule has 1 aliphatic heterocycles. The molecule has 1 aromatic heterocycles. The third-order valence-electron chi connectivity index (χ3n) is 5.09. The Kier molecular flexibility index (Phi) is 6.67. The number of aromatic nitrogens is 2. The van der Waals surface area contributed by atoms with Crippen molar-refractivity contribution in [3.63, 3.8) is 0 Å². The van der Waals surface area contributed by atoms with E-state index >= 15 is 0 Å². The van der Waals surface area contributed by atoms with Crippen molar-refractivity contribution in [2.45, 2.75) is 37.5 Å². The van der Waals surface area contributed by atoms with Gasteiger partial charge >= 0.3 is 0 Å². The van der Waals surface area contributed by atoms with Crippen molar-refractivity contribution in [2.24, 2.45) is 0 Å². The quantitative estimate of drug-likeness (QED) is 0.522. The largest absolute Gasteiger partial charge is 0.312 e. The number of thioether (sulfide) groups is 1. The zero-order chi connectivity index (χ0) is 21.8. The summed E-state index contributed by atoms with van der Waals surface area (Å²) < 4.78 is 0. The first-order chi connectivity index (χ1) is 15.0. The number of anilines is 2. The van der Waals surface area contributed by atoms with Crippen LogP contribution in [-0.4, -0.2) is 34.3 Å². The molecule has 0 aliphatic carbocycles. The van der Waals surface area contributed by atoms with Crippen LogP contribution in [0.5, 0.6) is 0 Å². The Labute approximate surface area is 190 Å². The monoisotopic (exact) mass is 452 g/mol. The normalized spacial score (nSPS) is 16.0. The molecule has 1 fully saturated rings. The van der Waals surface area contributed by atoms with Crippen LogP contribution in [0.1, 0.15) is 34.9 Å². The lowest BCUT2D eigenvalue weighted by Gasteiger charge is -2.16. The lowest BCUT2D eigenvalue weighted by molar-refractivity contribution is -0.117. The van der Waals surface area contributed by atoms with E-state index in [1.807, 2.05) is 31.2 Å². The lowest BCUT2D eigenvalue weighted by atomic mass is 10.1. The van der Waals surface area contributed by atoms with E-state index in [9.17, 15) is 9.59 Å². The summed E-state index contributed by atoms with van der Waals surface area (Å²) in [5, 5.41) is 12.5. The van der Waals surface area contributed by atoms with Crippen LogP contribution in [-0.2, 0) is 9.59 Å². The molecule has 160 valence electrons. The van der Waals surface area contributed by atoms with Crippen LogP contribution in [0, 0.1) is 13.8 Å². The smallest absolute Gasteiger partial charge is 0.227 e. The molecular formula is C23H24N4O2S2. The molecule has 0 spiro atoms. The van der Waals surface area contributed by atoms with Gasteiger partial charge in [-0.15, -0.1) is 22.0 Å². The summed E-state index contributed by atoms with van der Waals surface area (Å²) in [5.74, 6) is 0.701. The third kappa shape index (κ3) is 5.51. The molecule has 1 saturated heterocycles. The van der Waals surface area contributed by atoms with Gasteiger partial charge in [0.1, 0.15) is 5.01 Å². The number of rotatable bonds is 7. The molecule has 0 saturated carbocycles. The Morgan fingerprint density at radius 3 is 2.74 bits per heavy atom. The molecule has 1 unspecified atom stereocenters. The molecule has 1 atom stereocenters. The lowest BCUT2D eigenvalue weighted by Crippen LogP contribution is -2.24. The topological polar surface area (TPSA) is 75.2 Å². The van der Waals surface area contributed by atoms with E-state index < -0.39 is 0 Å². The van der Waals surface area contributed by atoms with Gasteiger partial charge in [-0.25, -0.2) is 0 Å². The van der Waals surface area contributed by atoms with Crippen LogP contribution in [0.25, 0.3) is 0 Å². The van der Waals surface area contributed by atoms with Gasteiger partial charge in [0.05, 0.1) is 0 Å². The second-order valence-electron chi connectivity index (χ2n) is 7.65. The van der Waals surface area contributed by atoms with Gasteiger partial charge in [0.15, 0.2) is 0 Å². The molecule has 0 radical (unpaired) electrons. The number of hydrogen-bond donors (Lipinski definition) is 1. The highest BCUT2D eigenvalue weighted by molar-refractivity contribution is 7.99. The van der Waals surface area contributed by atoms with Crippen molar-refractivity contribution in [3.8, 4) is 0 Å². The zero-order valence-electron chi connectivity index (χ0n) is 17.5. The fourth-order valence-electron chi connectivity index (χ4n) is 3.45. The Morgan fingerprint density at radius 2 is 1.97 bits per heavy atom. The number of carbonyl (C=O) groups excluding carboxylic acids is 2. The molecule has 2 aromatic carbocycles. The molecular weight excluding hydrogens is 428 g/mol. The minimum Gasteiger partial charge on any atom is -0.312 e. The first kappa shape index (κ1) is 21.5. The van der Waals surface area contributed by atoms with E-state index in [2.05, 4.69) is 46.7 Å². The first-order valence-corrected chi connectivity index (χ1v) is 12.0. The van der Waals surface area contributed by atoms with E-state index in [0.29, 0.717) is 30.3 Å². The number of nitrogens with one attached hydrogen (secondary N) is 1. The van der Waals surface area contributed by atoms with Crippen molar-refractivity contribution in [1.29, 1.82) is 0 Å². The highest BCUT2D eigenvalue weighted by Gasteiger charge is 2.34. The van der Waals surface area contributed by atoms with Crippen molar-refractivity contribution >= 4 is 45.7 Å². The standard InChI is InChI=1S/C23H24N4O2S2/c1-15-6-8-19(9-7-15)30-11-10-20(28)24-23-26-25-22(31-23)17-13-21(29)27(14-17)18-5-3-4-16(2)12-18/h3-9,12,17H,10-11,13-14H2,1-2H3,(H,24,26,28). The van der Waals surface area contributed by atoms with E-state index in [4.69, 9.17) is 0 Å². The summed E-state index contributed by atoms with van der Waals surface area (Å²) in [6, 6.07) is 16.2. The second kappa shape index (κ2) is 9.62. The van der Waals surface area contributed by atoms with Crippen molar-refractivity contribution in [3.05, 3.63) is 64.7 Å². The van der Waals surface area contributed by atoms with E-state index in [1.165, 1.54) is 16.9 Å². The summed E-state index contributed by atoms with van der Waals surface area (Å²) in [5.41, 5.74) is 3.26. The summed E-state index contributed by atoms with van der Waals surface area (Å²) in [4.78, 5) is 27.7. The zero-order valence-corrected chi connectivity index (χ0v) is 19.1. The first-order valence-electron chi connectivity index (χ1n) is 10.2. The number of amides is 2. The predicted octanol–water partition coefficient (Wildman–Crippen LogP) is 4.80. The van der Waals surface area contributed by atoms with Crippen LogP contribution in [0.2, 0.25) is 0 Å². The van der Waals surface area contributed by atoms with E-state index in [0.717, 1.165) is 21.2 Å². The van der Waals surface area contributed by atoms with Crippen LogP contribution >= 0.6 is 23.1 Å². The summed E-state index contributed by atoms with van der Waals surface area (Å²) in [6.07, 6.45) is 0.806. The maximum atomic E-state index is 12.5. The Bertz CT molecular complexity index is 1080. The number of carbonyl (C=O) groups is 2. The molecule has 1 aliphatic rings. The van der Waals surface area contributed by atoms with Gasteiger partial charge in [-0.1, -0.05) is 41.2 Å². The number of benzene rings is 2. The molecule has 8 heteroatoms. The molecule has 6 nitrogen and oxygen atoms in total. The van der Waals surface area contributed by atoms with Crippen LogP contribution < -0.4 is 10.2 Å². The van der Waals surface area contributed by atoms with E-state index in [-0.39, 0.29) is 17.7 Å². The minimum atomic E-state index is -0.0776. The highest BCUT2D eigenvalue weighted by atomic mass is 32.2. The number of aryl methyl sites for hydroxylation is 2. The predicted molar refractivity (Wildman–Crippen MR) is 126 cm³/mol. The fourth-order valence-corrected chi connectivity index (χ4v) is 5.15. The molecule has 31 heavy (non-hydrogen) atoms. The SMILES string of the molecule is Cc1ccc(SCCC(=O)Nc2nnc(C3CC(=O)N(c4cccc(C)c4)C3)s2)cc1. The number of hydrogen-bond acceptors (Lipinski definition) is 6.